The maximum atomic E-state index is 13.4. The topological polar surface area (TPSA) is 100 Å². The number of hydrogen-bond acceptors (Lipinski definition) is 7. The molecule has 1 aromatic carbocycles. The Morgan fingerprint density at radius 1 is 0.312 bits per heavy atom. The molecule has 0 fully saturated rings. The van der Waals surface area contributed by atoms with E-state index in [0.29, 0.717) is 24.3 Å². The van der Waals surface area contributed by atoms with Crippen LogP contribution < -0.4 is 5.73 Å². The molecule has 0 saturated heterocycles. The fraction of sp³-hybridized carbons (Fsp3) is 0.727. The average Bonchev–Trinajstić information content (AvgIpc) is 1.59. The van der Waals surface area contributed by atoms with E-state index < -0.39 is 17.4 Å². The van der Waals surface area contributed by atoms with Crippen molar-refractivity contribution in [3.05, 3.63) is 133 Å². The number of unbranched alkanes of at least 4 members (excludes halogenated alkanes) is 36. The van der Waals surface area contributed by atoms with Gasteiger partial charge in [0.1, 0.15) is 0 Å². The summed E-state index contributed by atoms with van der Waals surface area (Å²) in [7, 11) is 0. The SMILES string of the molecule is CCCCC/C=C\C/C=C\CCCCCCCCOC(OCCCCCCCC/C=C\C/C=C\CCCCC)C(C)(C)N.CCCCC/C=C\C/C=C\CCCCCCCCOC(OCCCCCCCC/C=C\C/C=C\CCCCC)C(C)(C)N1C(=O)c2ccccc2C1=O. The van der Waals surface area contributed by atoms with Crippen LogP contribution in [-0.4, -0.2) is 66.8 Å². The molecule has 8 heteroatoms. The van der Waals surface area contributed by atoms with E-state index in [1.807, 2.05) is 39.8 Å². The third kappa shape index (κ3) is 52.1. The summed E-state index contributed by atoms with van der Waals surface area (Å²) < 4.78 is 24.9. The van der Waals surface area contributed by atoms with Gasteiger partial charge in [-0.2, -0.15) is 0 Å². The minimum Gasteiger partial charge on any atom is -0.351 e. The highest BCUT2D eigenvalue weighted by Gasteiger charge is 2.49. The van der Waals surface area contributed by atoms with Gasteiger partial charge in [0.25, 0.3) is 11.8 Å². The Bertz CT molecular complexity index is 2020. The van der Waals surface area contributed by atoms with Crippen molar-refractivity contribution < 1.29 is 28.5 Å². The Labute approximate surface area is 594 Å². The van der Waals surface area contributed by atoms with Gasteiger partial charge in [-0.3, -0.25) is 14.5 Å². The fourth-order valence-electron chi connectivity index (χ4n) is 11.9. The van der Waals surface area contributed by atoms with E-state index in [9.17, 15) is 9.59 Å². The smallest absolute Gasteiger partial charge is 0.262 e. The van der Waals surface area contributed by atoms with Gasteiger partial charge in [-0.05, 0) is 194 Å². The van der Waals surface area contributed by atoms with Gasteiger partial charge in [-0.25, -0.2) is 0 Å². The van der Waals surface area contributed by atoms with Crippen molar-refractivity contribution in [2.24, 2.45) is 5.73 Å². The van der Waals surface area contributed by atoms with E-state index in [1.54, 1.807) is 12.1 Å². The number of amides is 2. The largest absolute Gasteiger partial charge is 0.351 e. The van der Waals surface area contributed by atoms with Gasteiger partial charge in [0.15, 0.2) is 12.6 Å². The lowest BCUT2D eigenvalue weighted by molar-refractivity contribution is -0.195. The van der Waals surface area contributed by atoms with Crippen molar-refractivity contribution >= 4 is 11.8 Å². The number of benzene rings is 1. The molecule has 0 aliphatic carbocycles. The number of fused-ring (bicyclic) bond motifs is 1. The first kappa shape index (κ1) is 90.1. The Hall–Kier alpha value is -3.92. The molecule has 0 saturated carbocycles. The zero-order valence-electron chi connectivity index (χ0n) is 63.9. The molecule has 1 aliphatic heterocycles. The van der Waals surface area contributed by atoms with E-state index in [2.05, 4.69) is 125 Å². The number of nitrogens with two attached hydrogens (primary N) is 1. The monoisotopic (exact) mass is 1330 g/mol. The molecule has 96 heavy (non-hydrogen) atoms. The van der Waals surface area contributed by atoms with Gasteiger partial charge in [-0.15, -0.1) is 0 Å². The first-order chi connectivity index (χ1) is 47.0. The summed E-state index contributed by atoms with van der Waals surface area (Å²) in [5.41, 5.74) is 5.85. The lowest BCUT2D eigenvalue weighted by Gasteiger charge is -2.40. The zero-order valence-corrected chi connectivity index (χ0v) is 63.9. The maximum absolute atomic E-state index is 13.4. The van der Waals surface area contributed by atoms with Crippen LogP contribution in [0, 0.1) is 0 Å². The summed E-state index contributed by atoms with van der Waals surface area (Å²) in [6.07, 6.45) is 94.9. The summed E-state index contributed by atoms with van der Waals surface area (Å²) in [6, 6.07) is 7.08. The molecule has 2 amide bonds. The minimum absolute atomic E-state index is 0.268. The van der Waals surface area contributed by atoms with E-state index in [-0.39, 0.29) is 18.1 Å². The molecule has 0 bridgehead atoms. The Balaban J connectivity index is 0.000000983. The van der Waals surface area contributed by atoms with E-state index in [4.69, 9.17) is 24.7 Å². The van der Waals surface area contributed by atoms with Crippen LogP contribution in [-0.2, 0) is 18.9 Å². The van der Waals surface area contributed by atoms with Crippen LogP contribution in [0.1, 0.15) is 384 Å². The molecule has 0 radical (unpaired) electrons. The number of allylic oxidation sites excluding steroid dienone is 16. The van der Waals surface area contributed by atoms with Crippen LogP contribution in [0.5, 0.6) is 0 Å². The van der Waals surface area contributed by atoms with Crippen molar-refractivity contribution in [3.8, 4) is 0 Å². The molecule has 8 nitrogen and oxygen atoms in total. The predicted molar refractivity (Wildman–Crippen MR) is 418 cm³/mol. The molecule has 550 valence electrons. The van der Waals surface area contributed by atoms with E-state index in [0.717, 1.165) is 90.3 Å². The van der Waals surface area contributed by atoms with E-state index in [1.165, 1.54) is 236 Å². The lowest BCUT2D eigenvalue weighted by atomic mass is 10.0. The molecule has 0 aromatic heterocycles. The summed E-state index contributed by atoms with van der Waals surface area (Å²) in [5.74, 6) is -0.537. The van der Waals surface area contributed by atoms with Crippen molar-refractivity contribution in [2.45, 2.75) is 387 Å². The van der Waals surface area contributed by atoms with Crippen molar-refractivity contribution in [1.29, 1.82) is 0 Å². The number of hydrogen-bond donors (Lipinski definition) is 1. The van der Waals surface area contributed by atoms with Gasteiger partial charge >= 0.3 is 0 Å². The molecular weight excluding hydrogens is 1180 g/mol. The van der Waals surface area contributed by atoms with Crippen molar-refractivity contribution in [1.82, 2.24) is 4.90 Å². The summed E-state index contributed by atoms with van der Waals surface area (Å²) in [5, 5.41) is 0. The summed E-state index contributed by atoms with van der Waals surface area (Å²) >= 11 is 0. The number of carbonyl (C=O) groups is 2. The number of nitrogens with zero attached hydrogens (tertiary/aromatic N) is 1. The quantitative estimate of drug-likeness (QED) is 0.0300. The molecule has 0 unspecified atom stereocenters. The second-order valence-electron chi connectivity index (χ2n) is 28.5. The molecule has 2 N–H and O–H groups in total. The van der Waals surface area contributed by atoms with Crippen molar-refractivity contribution in [3.63, 3.8) is 0 Å². The van der Waals surface area contributed by atoms with E-state index >= 15 is 0 Å². The standard InChI is InChI=1S/C48H77NO4.C40H75NO2/c1-5-7-9-11-13-15-17-19-21-23-25-27-29-31-33-37-41-52-47(48(3,4)49-45(50)43-39-35-36-40-44(43)46(49)51)53-42-38-34-32-30-28-26-24-22-20-18-16-14-12-10-8-6-2;1-5-7-9-11-13-15-17-19-21-23-25-27-29-31-33-35-37-42-39(40(3,4)41)43-38-36-34-32-30-28-26-24-22-20-18-16-14-12-10-8-6-2/h13-16,19-22,35-36,39-40,47H,5-12,17-18,23-34,37-38,41-42H2,1-4H3;13-16,19-22,39H,5-12,17-18,23-38,41H2,1-4H3/b2*15-13-,16-14-,21-19-,22-20-. The van der Waals surface area contributed by atoms with Crippen LogP contribution in [0.15, 0.2) is 121 Å². The molecule has 2 rings (SSSR count). The molecule has 1 aliphatic rings. The zero-order chi connectivity index (χ0) is 69.8. The Kier molecular flexibility index (Phi) is 62.8. The Morgan fingerprint density at radius 3 is 0.750 bits per heavy atom. The number of rotatable bonds is 67. The van der Waals surface area contributed by atoms with Crippen LogP contribution in [0.3, 0.4) is 0 Å². The van der Waals surface area contributed by atoms with Gasteiger partial charge in [0.05, 0.1) is 22.2 Å². The highest BCUT2D eigenvalue weighted by Crippen LogP contribution is 2.33. The molecule has 1 heterocycles. The van der Waals surface area contributed by atoms with Crippen LogP contribution in [0.2, 0.25) is 0 Å². The third-order valence-corrected chi connectivity index (χ3v) is 18.0. The van der Waals surface area contributed by atoms with Crippen molar-refractivity contribution in [2.75, 3.05) is 26.4 Å². The maximum Gasteiger partial charge on any atom is 0.262 e. The highest BCUT2D eigenvalue weighted by atomic mass is 16.7. The van der Waals surface area contributed by atoms with Crippen LogP contribution in [0.25, 0.3) is 0 Å². The first-order valence-corrected chi connectivity index (χ1v) is 40.4. The van der Waals surface area contributed by atoms with Gasteiger partial charge in [0, 0.05) is 26.4 Å². The fourth-order valence-corrected chi connectivity index (χ4v) is 11.9. The van der Waals surface area contributed by atoms with Gasteiger partial charge in [-0.1, -0.05) is 291 Å². The Morgan fingerprint density at radius 2 is 0.521 bits per heavy atom. The van der Waals surface area contributed by atoms with Gasteiger partial charge < -0.3 is 24.7 Å². The first-order valence-electron chi connectivity index (χ1n) is 40.4. The molecule has 0 spiro atoms. The predicted octanol–water partition coefficient (Wildman–Crippen LogP) is 26.8. The minimum atomic E-state index is -0.941. The number of carbonyl (C=O) groups excluding carboxylic acids is 2. The van der Waals surface area contributed by atoms with Crippen LogP contribution >= 0.6 is 0 Å². The second-order valence-corrected chi connectivity index (χ2v) is 28.5. The van der Waals surface area contributed by atoms with Gasteiger partial charge in [0.2, 0.25) is 0 Å². The highest BCUT2D eigenvalue weighted by molar-refractivity contribution is 6.21. The number of imide groups is 1. The molecular formula is C88H152N2O6. The summed E-state index contributed by atoms with van der Waals surface area (Å²) in [6.45, 7) is 19.4. The average molecular weight is 1330 g/mol. The van der Waals surface area contributed by atoms with Crippen LogP contribution in [0.4, 0.5) is 0 Å². The molecule has 0 atom stereocenters. The summed E-state index contributed by atoms with van der Waals surface area (Å²) in [4.78, 5) is 28.2. The second kappa shape index (κ2) is 66.9. The molecule has 1 aromatic rings. The normalized spacial score (nSPS) is 13.4. The number of ether oxygens (including phenoxy) is 4. The third-order valence-electron chi connectivity index (χ3n) is 18.0. The lowest BCUT2D eigenvalue weighted by Crippen LogP contribution is -2.56.